The predicted molar refractivity (Wildman–Crippen MR) is 102 cm³/mol. The van der Waals surface area contributed by atoms with E-state index < -0.39 is 5.92 Å². The minimum atomic E-state index is -0.435. The van der Waals surface area contributed by atoms with E-state index in [9.17, 15) is 4.79 Å². The van der Waals surface area contributed by atoms with Gasteiger partial charge >= 0.3 is 0 Å². The molecular formula is C22H17N3O. The molecule has 0 spiro atoms. The summed E-state index contributed by atoms with van der Waals surface area (Å²) < 4.78 is 0. The fourth-order valence-electron chi connectivity index (χ4n) is 2.66. The Morgan fingerprint density at radius 3 is 1.92 bits per heavy atom. The molecule has 0 aromatic heterocycles. The van der Waals surface area contributed by atoms with Crippen molar-refractivity contribution in [1.29, 1.82) is 5.26 Å². The molecule has 0 radical (unpaired) electrons. The van der Waals surface area contributed by atoms with Crippen molar-refractivity contribution in [2.75, 3.05) is 0 Å². The van der Waals surface area contributed by atoms with Crippen LogP contribution < -0.4 is 5.43 Å². The molecule has 3 aromatic rings. The van der Waals surface area contributed by atoms with Crippen LogP contribution in [0.25, 0.3) is 0 Å². The second kappa shape index (κ2) is 8.41. The van der Waals surface area contributed by atoms with E-state index in [2.05, 4.69) is 16.6 Å². The Hall–Kier alpha value is -3.71. The molecule has 26 heavy (non-hydrogen) atoms. The molecule has 0 atom stereocenters. The number of hydrazone groups is 1. The van der Waals surface area contributed by atoms with Gasteiger partial charge in [-0.2, -0.15) is 10.4 Å². The molecule has 0 bridgehead atoms. The van der Waals surface area contributed by atoms with Crippen LogP contribution in [0.2, 0.25) is 0 Å². The van der Waals surface area contributed by atoms with E-state index >= 15 is 0 Å². The zero-order valence-electron chi connectivity index (χ0n) is 14.0. The molecule has 0 aliphatic rings. The van der Waals surface area contributed by atoms with E-state index in [4.69, 9.17) is 5.26 Å². The zero-order chi connectivity index (χ0) is 18.2. The Morgan fingerprint density at radius 2 is 1.42 bits per heavy atom. The molecular weight excluding hydrogens is 322 g/mol. The highest BCUT2D eigenvalue weighted by atomic mass is 16.2. The number of nitrogens with one attached hydrogen (secondary N) is 1. The smallest absolute Gasteiger partial charge is 0.252 e. The predicted octanol–water partition coefficient (Wildman–Crippen LogP) is 3.84. The van der Waals surface area contributed by atoms with Gasteiger partial charge in [-0.3, -0.25) is 4.79 Å². The van der Waals surface area contributed by atoms with Crippen LogP contribution in [0.4, 0.5) is 0 Å². The van der Waals surface area contributed by atoms with Crippen LogP contribution in [0.15, 0.2) is 90.0 Å². The summed E-state index contributed by atoms with van der Waals surface area (Å²) in [5, 5.41) is 12.9. The summed E-state index contributed by atoms with van der Waals surface area (Å²) in [4.78, 5) is 12.8. The van der Waals surface area contributed by atoms with Crippen LogP contribution >= 0.6 is 0 Å². The molecule has 1 N–H and O–H groups in total. The van der Waals surface area contributed by atoms with Crippen LogP contribution in [0.1, 0.15) is 28.2 Å². The first-order chi connectivity index (χ1) is 12.8. The molecule has 0 aliphatic heterocycles. The third-order valence-corrected chi connectivity index (χ3v) is 3.96. The number of benzene rings is 3. The molecule has 0 heterocycles. The average molecular weight is 339 g/mol. The number of nitrogens with zero attached hydrogens (tertiary/aromatic N) is 2. The van der Waals surface area contributed by atoms with Crippen LogP contribution in [-0.2, 0) is 4.79 Å². The third kappa shape index (κ3) is 4.22. The largest absolute Gasteiger partial charge is 0.272 e. The van der Waals surface area contributed by atoms with Crippen molar-refractivity contribution in [1.82, 2.24) is 5.43 Å². The van der Waals surface area contributed by atoms with Crippen LogP contribution in [-0.4, -0.2) is 12.1 Å². The van der Waals surface area contributed by atoms with Gasteiger partial charge in [0.25, 0.3) is 5.91 Å². The van der Waals surface area contributed by atoms with E-state index in [0.29, 0.717) is 5.56 Å². The topological polar surface area (TPSA) is 65.2 Å². The number of carbonyl (C=O) groups excluding carboxylic acids is 1. The summed E-state index contributed by atoms with van der Waals surface area (Å²) in [5.41, 5.74) is 5.83. The number of carbonyl (C=O) groups is 1. The Bertz CT molecular complexity index is 887. The van der Waals surface area contributed by atoms with Gasteiger partial charge in [0.05, 0.1) is 23.8 Å². The van der Waals surface area contributed by atoms with Gasteiger partial charge in [-0.25, -0.2) is 5.43 Å². The van der Waals surface area contributed by atoms with Crippen molar-refractivity contribution in [3.63, 3.8) is 0 Å². The van der Waals surface area contributed by atoms with E-state index in [0.717, 1.165) is 16.7 Å². The number of rotatable bonds is 5. The van der Waals surface area contributed by atoms with Crippen molar-refractivity contribution < 1.29 is 4.79 Å². The zero-order valence-corrected chi connectivity index (χ0v) is 14.0. The first-order valence-corrected chi connectivity index (χ1v) is 8.21. The molecule has 0 unspecified atom stereocenters. The van der Waals surface area contributed by atoms with Crippen LogP contribution in [0, 0.1) is 11.3 Å². The summed E-state index contributed by atoms with van der Waals surface area (Å²) in [7, 11) is 0. The first-order valence-electron chi connectivity index (χ1n) is 8.21. The molecule has 3 aromatic carbocycles. The quantitative estimate of drug-likeness (QED) is 0.567. The minimum Gasteiger partial charge on any atom is -0.272 e. The molecule has 4 nitrogen and oxygen atoms in total. The van der Waals surface area contributed by atoms with Gasteiger partial charge in [0, 0.05) is 0 Å². The van der Waals surface area contributed by atoms with Crippen molar-refractivity contribution in [2.45, 2.75) is 5.92 Å². The summed E-state index contributed by atoms with van der Waals surface area (Å²) in [6.45, 7) is 0. The lowest BCUT2D eigenvalue weighted by atomic mass is 9.91. The Kier molecular flexibility index (Phi) is 5.54. The van der Waals surface area contributed by atoms with Crippen molar-refractivity contribution in [3.05, 3.63) is 107 Å². The summed E-state index contributed by atoms with van der Waals surface area (Å²) in [5.74, 6) is -0.636. The van der Waals surface area contributed by atoms with Gasteiger partial charge in [0.2, 0.25) is 0 Å². The van der Waals surface area contributed by atoms with Crippen molar-refractivity contribution in [2.24, 2.45) is 5.10 Å². The second-order valence-corrected chi connectivity index (χ2v) is 5.72. The normalized spacial score (nSPS) is 10.6. The van der Waals surface area contributed by atoms with E-state index in [-0.39, 0.29) is 5.91 Å². The standard InChI is InChI=1S/C22H17N3O/c23-15-17-11-13-18(14-12-17)16-24-25-22(26)21(19-7-3-1-4-8-19)20-9-5-2-6-10-20/h1-14,16,21H,(H,25,26)/b24-16-. The summed E-state index contributed by atoms with van der Waals surface area (Å²) in [6, 6.07) is 28.3. The fourth-order valence-corrected chi connectivity index (χ4v) is 2.66. The maximum absolute atomic E-state index is 12.8. The maximum atomic E-state index is 12.8. The maximum Gasteiger partial charge on any atom is 0.252 e. The number of hydrogen-bond acceptors (Lipinski definition) is 3. The molecule has 0 aliphatic carbocycles. The third-order valence-electron chi connectivity index (χ3n) is 3.96. The highest BCUT2D eigenvalue weighted by Crippen LogP contribution is 2.24. The van der Waals surface area contributed by atoms with E-state index in [1.54, 1.807) is 30.5 Å². The van der Waals surface area contributed by atoms with Gasteiger partial charge < -0.3 is 0 Å². The van der Waals surface area contributed by atoms with Crippen molar-refractivity contribution >= 4 is 12.1 Å². The lowest BCUT2D eigenvalue weighted by Gasteiger charge is -2.16. The molecule has 0 saturated heterocycles. The number of amides is 1. The Balaban J connectivity index is 1.77. The molecule has 0 saturated carbocycles. The lowest BCUT2D eigenvalue weighted by Crippen LogP contribution is -2.26. The lowest BCUT2D eigenvalue weighted by molar-refractivity contribution is -0.121. The molecule has 1 amide bonds. The monoisotopic (exact) mass is 339 g/mol. The molecule has 4 heteroatoms. The average Bonchev–Trinajstić information content (AvgIpc) is 2.70. The summed E-state index contributed by atoms with van der Waals surface area (Å²) in [6.07, 6.45) is 1.56. The minimum absolute atomic E-state index is 0.202. The Labute approximate surface area is 152 Å². The highest BCUT2D eigenvalue weighted by molar-refractivity contribution is 5.88. The molecule has 0 fully saturated rings. The van der Waals surface area contributed by atoms with E-state index in [1.165, 1.54) is 0 Å². The van der Waals surface area contributed by atoms with Gasteiger partial charge in [-0.1, -0.05) is 72.8 Å². The van der Waals surface area contributed by atoms with Gasteiger partial charge in [0.15, 0.2) is 0 Å². The van der Waals surface area contributed by atoms with E-state index in [1.807, 2.05) is 60.7 Å². The fraction of sp³-hybridized carbons (Fsp3) is 0.0455. The van der Waals surface area contributed by atoms with Gasteiger partial charge in [-0.05, 0) is 28.8 Å². The second-order valence-electron chi connectivity index (χ2n) is 5.72. The van der Waals surface area contributed by atoms with Crippen LogP contribution in [0.5, 0.6) is 0 Å². The Morgan fingerprint density at radius 1 is 0.885 bits per heavy atom. The van der Waals surface area contributed by atoms with Gasteiger partial charge in [0.1, 0.15) is 0 Å². The summed E-state index contributed by atoms with van der Waals surface area (Å²) >= 11 is 0. The van der Waals surface area contributed by atoms with Crippen LogP contribution in [0.3, 0.4) is 0 Å². The van der Waals surface area contributed by atoms with Gasteiger partial charge in [-0.15, -0.1) is 0 Å². The SMILES string of the molecule is N#Cc1ccc(/C=N\NC(=O)C(c2ccccc2)c2ccccc2)cc1. The molecule has 126 valence electrons. The number of hydrogen-bond donors (Lipinski definition) is 1. The first kappa shape index (κ1) is 17.1. The number of nitriles is 1. The van der Waals surface area contributed by atoms with Crippen molar-refractivity contribution in [3.8, 4) is 6.07 Å². The highest BCUT2D eigenvalue weighted by Gasteiger charge is 2.22. The molecule has 3 rings (SSSR count).